The van der Waals surface area contributed by atoms with E-state index in [-0.39, 0.29) is 5.95 Å². The van der Waals surface area contributed by atoms with Crippen LogP contribution >= 0.6 is 0 Å². The van der Waals surface area contributed by atoms with E-state index in [0.717, 1.165) is 0 Å². The topological polar surface area (TPSA) is 73.8 Å². The van der Waals surface area contributed by atoms with Crippen LogP contribution in [0.25, 0.3) is 0 Å². The van der Waals surface area contributed by atoms with Crippen molar-refractivity contribution in [3.05, 3.63) is 6.33 Å². The van der Waals surface area contributed by atoms with Crippen LogP contribution in [-0.4, -0.2) is 20.4 Å². The third kappa shape index (κ3) is 0.660. The average molecular weight is 100 g/mol. The summed E-state index contributed by atoms with van der Waals surface area (Å²) in [7, 11) is 0. The Balaban J connectivity index is 2.76. The summed E-state index contributed by atoms with van der Waals surface area (Å²) in [6.07, 6.45) is 1.29. The minimum Gasteiger partial charge on any atom is -0.288 e. The van der Waals surface area contributed by atoms with Gasteiger partial charge in [-0.2, -0.15) is 10.1 Å². The van der Waals surface area contributed by atoms with E-state index in [4.69, 9.17) is 5.21 Å². The molecule has 3 N–H and O–H groups in total. The molecule has 0 bridgehead atoms. The van der Waals surface area contributed by atoms with Gasteiger partial charge in [-0.05, 0) is 0 Å². The average Bonchev–Trinajstić information content (AvgIpc) is 2.14. The molecule has 38 valence electrons. The van der Waals surface area contributed by atoms with Crippen LogP contribution in [0.4, 0.5) is 5.95 Å². The van der Waals surface area contributed by atoms with Gasteiger partial charge in [0.2, 0.25) is 5.95 Å². The Morgan fingerprint density at radius 2 is 2.71 bits per heavy atom. The summed E-state index contributed by atoms with van der Waals surface area (Å²) in [5, 5.41) is 13.8. The smallest absolute Gasteiger partial charge is 0.242 e. The lowest BCUT2D eigenvalue weighted by Crippen LogP contribution is -1.89. The monoisotopic (exact) mass is 100 g/mol. The summed E-state index contributed by atoms with van der Waals surface area (Å²) in [5.41, 5.74) is 1.78. The van der Waals surface area contributed by atoms with E-state index in [1.165, 1.54) is 6.33 Å². The van der Waals surface area contributed by atoms with Gasteiger partial charge >= 0.3 is 0 Å². The number of aromatic nitrogens is 3. The van der Waals surface area contributed by atoms with Gasteiger partial charge in [-0.25, -0.2) is 10.6 Å². The number of anilines is 1. The van der Waals surface area contributed by atoms with Gasteiger partial charge in [-0.3, -0.25) is 5.21 Å². The lowest BCUT2D eigenvalue weighted by molar-refractivity contribution is 0.383. The molecule has 0 unspecified atom stereocenters. The second-order valence-electron chi connectivity index (χ2n) is 0.946. The highest BCUT2D eigenvalue weighted by molar-refractivity contribution is 5.14. The molecular formula is C2H4N4O. The molecule has 0 aromatic carbocycles. The second-order valence-corrected chi connectivity index (χ2v) is 0.946. The number of nitrogens with one attached hydrogen (secondary N) is 2. The Kier molecular flexibility index (Phi) is 0.910. The van der Waals surface area contributed by atoms with Gasteiger partial charge in [-0.1, -0.05) is 0 Å². The molecule has 1 heterocycles. The lowest BCUT2D eigenvalue weighted by atomic mass is 11.1. The molecule has 7 heavy (non-hydrogen) atoms. The Bertz CT molecular complexity index is 124. The zero-order valence-corrected chi connectivity index (χ0v) is 3.42. The van der Waals surface area contributed by atoms with E-state index >= 15 is 0 Å². The van der Waals surface area contributed by atoms with Crippen molar-refractivity contribution in [2.45, 2.75) is 0 Å². The zero-order valence-electron chi connectivity index (χ0n) is 3.42. The molecule has 1 aromatic heterocycles. The van der Waals surface area contributed by atoms with Crippen molar-refractivity contribution >= 4 is 5.95 Å². The minimum absolute atomic E-state index is 0.250. The van der Waals surface area contributed by atoms with Crippen LogP contribution in [-0.2, 0) is 0 Å². The van der Waals surface area contributed by atoms with Gasteiger partial charge in [0.05, 0.1) is 0 Å². The van der Waals surface area contributed by atoms with Gasteiger partial charge in [0.1, 0.15) is 6.33 Å². The van der Waals surface area contributed by atoms with Crippen LogP contribution < -0.4 is 5.48 Å². The molecule has 0 amide bonds. The molecule has 5 nitrogen and oxygen atoms in total. The van der Waals surface area contributed by atoms with Crippen molar-refractivity contribution in [3.63, 3.8) is 0 Å². The summed E-state index contributed by atoms with van der Waals surface area (Å²) in [5.74, 6) is 0.250. The van der Waals surface area contributed by atoms with Crippen molar-refractivity contribution in [1.82, 2.24) is 15.2 Å². The number of nitrogens with zero attached hydrogens (tertiary/aromatic N) is 2. The van der Waals surface area contributed by atoms with Crippen molar-refractivity contribution in [1.29, 1.82) is 0 Å². The number of hydrogen-bond donors (Lipinski definition) is 3. The fraction of sp³-hybridized carbons (Fsp3) is 0. The van der Waals surface area contributed by atoms with Gasteiger partial charge < -0.3 is 0 Å². The fourth-order valence-electron chi connectivity index (χ4n) is 0.259. The predicted octanol–water partition coefficient (Wildman–Crippen LogP) is -0.394. The molecule has 0 atom stereocenters. The van der Waals surface area contributed by atoms with Crippen LogP contribution in [0.15, 0.2) is 6.33 Å². The molecule has 0 aliphatic rings. The standard InChI is InChI=1S/C2H4N4O/c7-6-2-3-1-4-5-2/h1,7H,(H2,3,4,5,6). The third-order valence-electron chi connectivity index (χ3n) is 0.521. The maximum absolute atomic E-state index is 8.04. The summed E-state index contributed by atoms with van der Waals surface area (Å²) in [4.78, 5) is 3.51. The van der Waals surface area contributed by atoms with Crippen molar-refractivity contribution in [2.75, 3.05) is 5.48 Å². The zero-order chi connectivity index (χ0) is 5.11. The van der Waals surface area contributed by atoms with Crippen molar-refractivity contribution in [3.8, 4) is 0 Å². The van der Waals surface area contributed by atoms with Gasteiger partial charge in [0, 0.05) is 0 Å². The molecule has 0 spiro atoms. The molecule has 0 fully saturated rings. The molecule has 0 radical (unpaired) electrons. The number of H-pyrrole nitrogens is 1. The highest BCUT2D eigenvalue weighted by Crippen LogP contribution is 1.85. The second kappa shape index (κ2) is 1.57. The van der Waals surface area contributed by atoms with Crippen LogP contribution in [0, 0.1) is 0 Å². The third-order valence-corrected chi connectivity index (χ3v) is 0.521. The van der Waals surface area contributed by atoms with Crippen molar-refractivity contribution in [2.24, 2.45) is 0 Å². The maximum Gasteiger partial charge on any atom is 0.242 e. The summed E-state index contributed by atoms with van der Waals surface area (Å²) < 4.78 is 0. The molecule has 5 heteroatoms. The molecule has 0 aliphatic carbocycles. The SMILES string of the molecule is ONc1ncn[nH]1. The Morgan fingerprint density at radius 1 is 1.86 bits per heavy atom. The van der Waals surface area contributed by atoms with Gasteiger partial charge in [0.25, 0.3) is 0 Å². The first-order chi connectivity index (χ1) is 3.43. The summed E-state index contributed by atoms with van der Waals surface area (Å²) in [6, 6.07) is 0. The van der Waals surface area contributed by atoms with E-state index < -0.39 is 0 Å². The largest absolute Gasteiger partial charge is 0.288 e. The minimum atomic E-state index is 0.250. The number of rotatable bonds is 1. The van der Waals surface area contributed by atoms with Crippen LogP contribution in [0.3, 0.4) is 0 Å². The number of aromatic amines is 1. The first kappa shape index (κ1) is 4.07. The maximum atomic E-state index is 8.04. The van der Waals surface area contributed by atoms with Crippen LogP contribution in [0.5, 0.6) is 0 Å². The van der Waals surface area contributed by atoms with Crippen LogP contribution in [0.2, 0.25) is 0 Å². The molecular weight excluding hydrogens is 96.0 g/mol. The highest BCUT2D eigenvalue weighted by Gasteiger charge is 1.83. The molecule has 0 saturated carbocycles. The normalized spacial score (nSPS) is 8.71. The van der Waals surface area contributed by atoms with Crippen molar-refractivity contribution < 1.29 is 5.21 Å². The quantitative estimate of drug-likeness (QED) is 0.420. The number of hydrogen-bond acceptors (Lipinski definition) is 4. The van der Waals surface area contributed by atoms with E-state index in [2.05, 4.69) is 15.2 Å². The molecule has 0 aliphatic heterocycles. The molecule has 1 aromatic rings. The van der Waals surface area contributed by atoms with E-state index in [1.54, 1.807) is 5.48 Å². The van der Waals surface area contributed by atoms with Gasteiger partial charge in [-0.15, -0.1) is 0 Å². The highest BCUT2D eigenvalue weighted by atomic mass is 16.5. The molecule has 1 rings (SSSR count). The first-order valence-corrected chi connectivity index (χ1v) is 1.69. The van der Waals surface area contributed by atoms with Gasteiger partial charge in [0.15, 0.2) is 0 Å². The van der Waals surface area contributed by atoms with E-state index in [0.29, 0.717) is 0 Å². The van der Waals surface area contributed by atoms with E-state index in [1.807, 2.05) is 0 Å². The Morgan fingerprint density at radius 3 is 3.00 bits per heavy atom. The first-order valence-electron chi connectivity index (χ1n) is 1.69. The summed E-state index contributed by atoms with van der Waals surface area (Å²) >= 11 is 0. The summed E-state index contributed by atoms with van der Waals surface area (Å²) in [6.45, 7) is 0. The fourth-order valence-corrected chi connectivity index (χ4v) is 0.259. The van der Waals surface area contributed by atoms with E-state index in [9.17, 15) is 0 Å². The predicted molar refractivity (Wildman–Crippen MR) is 21.8 cm³/mol. The molecule has 0 saturated heterocycles. The lowest BCUT2D eigenvalue weighted by Gasteiger charge is -1.82. The van der Waals surface area contributed by atoms with Crippen LogP contribution in [0.1, 0.15) is 0 Å². The Hall–Kier alpha value is -1.10. The Labute approximate surface area is 39.3 Å².